The lowest BCUT2D eigenvalue weighted by atomic mass is 10.0. The Kier molecular flexibility index (Phi) is 5.16. The smallest absolute Gasteiger partial charge is 0.387 e. The second-order valence-corrected chi connectivity index (χ2v) is 6.41. The number of aromatic nitrogens is 4. The Balaban J connectivity index is 1.85. The molecule has 3 heterocycles. The third kappa shape index (κ3) is 4.25. The first kappa shape index (κ1) is 19.2. The maximum absolute atomic E-state index is 12.7. The molecule has 1 N–H and O–H groups in total. The van der Waals surface area contributed by atoms with Gasteiger partial charge in [-0.2, -0.15) is 18.3 Å². The van der Waals surface area contributed by atoms with Gasteiger partial charge in [-0.15, -0.1) is 0 Å². The summed E-state index contributed by atoms with van der Waals surface area (Å²) in [6, 6.07) is 3.72. The number of alkyl halides is 3. The maximum Gasteiger partial charge on any atom is 0.433 e. The van der Waals surface area contributed by atoms with Crippen LogP contribution in [-0.4, -0.2) is 30.5 Å². The van der Waals surface area contributed by atoms with Gasteiger partial charge in [-0.1, -0.05) is 11.6 Å². The van der Waals surface area contributed by atoms with Gasteiger partial charge in [-0.3, -0.25) is 9.78 Å². The molecule has 0 saturated carbocycles. The van der Waals surface area contributed by atoms with Crippen LogP contribution in [0.25, 0.3) is 5.65 Å². The van der Waals surface area contributed by atoms with Gasteiger partial charge < -0.3 is 5.11 Å². The summed E-state index contributed by atoms with van der Waals surface area (Å²) < 4.78 is 39.6. The molecule has 0 unspecified atom stereocenters. The molecule has 3 aromatic heterocycles. The van der Waals surface area contributed by atoms with Crippen molar-refractivity contribution < 1.29 is 23.1 Å². The SMILES string of the molecule is C[C@H](O)c1c(CC(=O)Cc2ccnc(C(F)(F)F)c2)cnc2cc(Cl)nn12. The van der Waals surface area contributed by atoms with Crippen LogP contribution in [0.4, 0.5) is 13.2 Å². The van der Waals surface area contributed by atoms with Crippen molar-refractivity contribution in [3.05, 3.63) is 58.3 Å². The van der Waals surface area contributed by atoms with Crippen LogP contribution in [0.3, 0.4) is 0 Å². The number of carbonyl (C=O) groups is 1. The summed E-state index contributed by atoms with van der Waals surface area (Å²) in [4.78, 5) is 19.8. The number of rotatable bonds is 5. The number of carbonyl (C=O) groups excluding carboxylic acids is 1. The van der Waals surface area contributed by atoms with E-state index in [1.54, 1.807) is 0 Å². The van der Waals surface area contributed by atoms with Crippen molar-refractivity contribution in [2.24, 2.45) is 0 Å². The zero-order valence-corrected chi connectivity index (χ0v) is 14.8. The molecule has 0 aliphatic carbocycles. The van der Waals surface area contributed by atoms with Crippen LogP contribution in [0.2, 0.25) is 5.15 Å². The molecule has 27 heavy (non-hydrogen) atoms. The molecule has 3 aromatic rings. The minimum absolute atomic E-state index is 0.121. The third-order valence-electron chi connectivity index (χ3n) is 3.87. The summed E-state index contributed by atoms with van der Waals surface area (Å²) >= 11 is 5.86. The highest BCUT2D eigenvalue weighted by Gasteiger charge is 2.32. The Morgan fingerprint density at radius 2 is 2.04 bits per heavy atom. The van der Waals surface area contributed by atoms with Crippen molar-refractivity contribution >= 4 is 23.0 Å². The molecule has 0 aliphatic rings. The van der Waals surface area contributed by atoms with Gasteiger partial charge in [-0.25, -0.2) is 9.50 Å². The average Bonchev–Trinajstić information content (AvgIpc) is 2.93. The first-order valence-electron chi connectivity index (χ1n) is 7.90. The van der Waals surface area contributed by atoms with Gasteiger partial charge in [0.15, 0.2) is 10.8 Å². The third-order valence-corrected chi connectivity index (χ3v) is 4.05. The molecule has 1 atom stereocenters. The standard InChI is InChI=1S/C17H14ClF3N4O2/c1-9(26)16-11(8-23-15-7-14(18)24-25(15)16)6-12(27)4-10-2-3-22-13(5-10)17(19,20)21/h2-3,5,7-9,26H,4,6H2,1H3/t9-/m0/s1. The van der Waals surface area contributed by atoms with Crippen LogP contribution >= 0.6 is 11.6 Å². The maximum atomic E-state index is 12.7. The number of halogens is 4. The van der Waals surface area contributed by atoms with E-state index < -0.39 is 18.0 Å². The molecule has 0 bridgehead atoms. The highest BCUT2D eigenvalue weighted by atomic mass is 35.5. The van der Waals surface area contributed by atoms with E-state index in [9.17, 15) is 23.1 Å². The zero-order chi connectivity index (χ0) is 19.8. The number of hydrogen-bond donors (Lipinski definition) is 1. The quantitative estimate of drug-likeness (QED) is 0.713. The molecule has 0 aromatic carbocycles. The fraction of sp³-hybridized carbons (Fsp3) is 0.294. The molecule has 0 aliphatic heterocycles. The summed E-state index contributed by atoms with van der Waals surface area (Å²) in [6.07, 6.45) is -3.40. The van der Waals surface area contributed by atoms with Crippen LogP contribution in [0.15, 0.2) is 30.6 Å². The first-order chi connectivity index (χ1) is 12.6. The van der Waals surface area contributed by atoms with E-state index in [0.717, 1.165) is 12.3 Å². The minimum Gasteiger partial charge on any atom is -0.387 e. The lowest BCUT2D eigenvalue weighted by Gasteiger charge is -2.13. The van der Waals surface area contributed by atoms with Gasteiger partial charge in [-0.05, 0) is 24.6 Å². The molecule has 6 nitrogen and oxygen atoms in total. The van der Waals surface area contributed by atoms with Gasteiger partial charge in [0.05, 0.1) is 11.8 Å². The summed E-state index contributed by atoms with van der Waals surface area (Å²) in [6.45, 7) is 1.51. The normalized spacial score (nSPS) is 13.1. The Hall–Kier alpha value is -2.52. The van der Waals surface area contributed by atoms with Crippen LogP contribution in [0.1, 0.15) is 35.5 Å². The number of aliphatic hydroxyl groups excluding tert-OH is 1. The number of aliphatic hydroxyl groups is 1. The molecule has 10 heteroatoms. The van der Waals surface area contributed by atoms with Crippen LogP contribution in [0, 0.1) is 0 Å². The van der Waals surface area contributed by atoms with Crippen molar-refractivity contribution in [1.29, 1.82) is 0 Å². The molecule has 0 saturated heterocycles. The number of nitrogens with zero attached hydrogens (tertiary/aromatic N) is 4. The lowest BCUT2D eigenvalue weighted by Crippen LogP contribution is -2.15. The van der Waals surface area contributed by atoms with Gasteiger partial charge in [0, 0.05) is 36.9 Å². The van der Waals surface area contributed by atoms with Crippen molar-refractivity contribution in [3.8, 4) is 0 Å². The van der Waals surface area contributed by atoms with Crippen LogP contribution in [-0.2, 0) is 23.8 Å². The largest absolute Gasteiger partial charge is 0.433 e. The topological polar surface area (TPSA) is 80.4 Å². The Morgan fingerprint density at radius 1 is 1.30 bits per heavy atom. The molecule has 0 amide bonds. The van der Waals surface area contributed by atoms with E-state index in [2.05, 4.69) is 15.1 Å². The van der Waals surface area contributed by atoms with Gasteiger partial charge >= 0.3 is 6.18 Å². The number of Topliss-reactive ketones (excluding diaryl/α,β-unsaturated/α-hetero) is 1. The molecule has 0 radical (unpaired) electrons. The van der Waals surface area contributed by atoms with Gasteiger partial charge in [0.2, 0.25) is 0 Å². The van der Waals surface area contributed by atoms with Crippen LogP contribution in [0.5, 0.6) is 0 Å². The van der Waals surface area contributed by atoms with E-state index >= 15 is 0 Å². The summed E-state index contributed by atoms with van der Waals surface area (Å²) in [5.41, 5.74) is 0.346. The number of pyridine rings is 1. The molecular formula is C17H14ClF3N4O2. The van der Waals surface area contributed by atoms with E-state index in [1.807, 2.05) is 0 Å². The van der Waals surface area contributed by atoms with E-state index in [-0.39, 0.29) is 29.3 Å². The predicted molar refractivity (Wildman–Crippen MR) is 90.3 cm³/mol. The van der Waals surface area contributed by atoms with E-state index in [0.29, 0.717) is 16.9 Å². The van der Waals surface area contributed by atoms with Crippen LogP contribution < -0.4 is 0 Å². The number of fused-ring (bicyclic) bond motifs is 1. The van der Waals surface area contributed by atoms with Crippen molar-refractivity contribution in [2.45, 2.75) is 32.0 Å². The summed E-state index contributed by atoms with van der Waals surface area (Å²) in [7, 11) is 0. The lowest BCUT2D eigenvalue weighted by molar-refractivity contribution is -0.141. The Bertz CT molecular complexity index is 1000. The molecule has 0 spiro atoms. The highest BCUT2D eigenvalue weighted by molar-refractivity contribution is 6.29. The fourth-order valence-electron chi connectivity index (χ4n) is 2.78. The summed E-state index contributed by atoms with van der Waals surface area (Å²) in [5.74, 6) is -0.337. The monoisotopic (exact) mass is 398 g/mol. The Morgan fingerprint density at radius 3 is 2.70 bits per heavy atom. The van der Waals surface area contributed by atoms with Gasteiger partial charge in [0.1, 0.15) is 11.5 Å². The van der Waals surface area contributed by atoms with E-state index in [4.69, 9.17) is 11.6 Å². The highest BCUT2D eigenvalue weighted by Crippen LogP contribution is 2.28. The van der Waals surface area contributed by atoms with Crippen molar-refractivity contribution in [2.75, 3.05) is 0 Å². The molecule has 3 rings (SSSR count). The number of ketones is 1. The first-order valence-corrected chi connectivity index (χ1v) is 8.28. The fourth-order valence-corrected chi connectivity index (χ4v) is 2.96. The zero-order valence-electron chi connectivity index (χ0n) is 14.0. The molecule has 142 valence electrons. The summed E-state index contributed by atoms with van der Waals surface area (Å²) in [5, 5.41) is 14.3. The van der Waals surface area contributed by atoms with Gasteiger partial charge in [0.25, 0.3) is 0 Å². The number of hydrogen-bond acceptors (Lipinski definition) is 5. The molecular weight excluding hydrogens is 385 g/mol. The predicted octanol–water partition coefficient (Wildman–Crippen LogP) is 3.20. The second kappa shape index (κ2) is 7.24. The molecule has 0 fully saturated rings. The van der Waals surface area contributed by atoms with Crippen molar-refractivity contribution in [3.63, 3.8) is 0 Å². The average molecular weight is 399 g/mol. The minimum atomic E-state index is -4.58. The second-order valence-electron chi connectivity index (χ2n) is 6.02. The van der Waals surface area contributed by atoms with E-state index in [1.165, 1.54) is 29.8 Å². The Labute approximate surface area is 156 Å². The van der Waals surface area contributed by atoms with Crippen molar-refractivity contribution in [1.82, 2.24) is 19.6 Å².